The molecule has 14 nitrogen and oxygen atoms in total. The molecule has 45 heavy (non-hydrogen) atoms. The molecule has 0 saturated heterocycles. The van der Waals surface area contributed by atoms with Gasteiger partial charge in [0.05, 0.1) is 18.4 Å². The molecule has 1 amide bonds. The van der Waals surface area contributed by atoms with E-state index < -0.39 is 29.4 Å². The number of rotatable bonds is 9. The first-order valence-electron chi connectivity index (χ1n) is 13.7. The predicted octanol–water partition coefficient (Wildman–Crippen LogP) is 3.28. The van der Waals surface area contributed by atoms with Crippen LogP contribution in [0.5, 0.6) is 0 Å². The highest BCUT2D eigenvalue weighted by molar-refractivity contribution is 6.07. The van der Waals surface area contributed by atoms with Crippen molar-refractivity contribution in [2.24, 2.45) is 0 Å². The standard InChI is InChI=1S/C19H19N7O6.C12H9N/c20-19-25-15-14(17(30)26-19)23-11(8-22-15)7-21-10-3-1-9(2-4-10)16(29)24-12(18(31)32)5-6-13(27)28;1-3-7-11-9(5-1)10-6-2-4-8-12(10)13-11/h1-4,8,12,21H,5-7H2,(H,24,29)(H,27,28)(H,31,32)(H3,20,22,25,26,30);1-8,13H. The number of hydrogen-bond acceptors (Lipinski definition) is 9. The van der Waals surface area contributed by atoms with E-state index in [4.69, 9.17) is 15.9 Å². The molecule has 6 rings (SSSR count). The number of anilines is 2. The second-order valence-electron chi connectivity index (χ2n) is 9.93. The number of carbonyl (C=O) groups excluding carboxylic acids is 1. The molecule has 0 saturated carbocycles. The number of aromatic nitrogens is 5. The summed E-state index contributed by atoms with van der Waals surface area (Å²) >= 11 is 0. The van der Waals surface area contributed by atoms with Crippen molar-refractivity contribution in [3.63, 3.8) is 0 Å². The lowest BCUT2D eigenvalue weighted by Crippen LogP contribution is -2.41. The number of para-hydroxylation sites is 2. The molecule has 0 radical (unpaired) electrons. The van der Waals surface area contributed by atoms with Gasteiger partial charge in [0.25, 0.3) is 11.5 Å². The molecule has 6 aromatic rings. The molecule has 0 aliphatic carbocycles. The average Bonchev–Trinajstić information content (AvgIpc) is 3.41. The van der Waals surface area contributed by atoms with Crippen LogP contribution in [0.2, 0.25) is 0 Å². The van der Waals surface area contributed by atoms with E-state index >= 15 is 0 Å². The highest BCUT2D eigenvalue weighted by atomic mass is 16.4. The number of H-pyrrole nitrogens is 2. The molecule has 228 valence electrons. The lowest BCUT2D eigenvalue weighted by molar-refractivity contribution is -0.140. The van der Waals surface area contributed by atoms with Crippen molar-refractivity contribution in [1.29, 1.82) is 0 Å². The average molecular weight is 609 g/mol. The molecule has 0 spiro atoms. The van der Waals surface area contributed by atoms with E-state index in [1.54, 1.807) is 12.1 Å². The lowest BCUT2D eigenvalue weighted by atomic mass is 10.1. The second-order valence-corrected chi connectivity index (χ2v) is 9.93. The first-order chi connectivity index (χ1) is 21.7. The Kier molecular flexibility index (Phi) is 8.93. The number of nitrogens with zero attached hydrogens (tertiary/aromatic N) is 3. The summed E-state index contributed by atoms with van der Waals surface area (Å²) in [5.74, 6) is -3.16. The van der Waals surface area contributed by atoms with Crippen molar-refractivity contribution in [2.45, 2.75) is 25.4 Å². The molecule has 8 N–H and O–H groups in total. The number of carboxylic acid groups (broad SMARTS) is 2. The molecule has 3 heterocycles. The molecule has 1 atom stereocenters. The smallest absolute Gasteiger partial charge is 0.326 e. The van der Waals surface area contributed by atoms with E-state index in [-0.39, 0.29) is 42.1 Å². The van der Waals surface area contributed by atoms with E-state index in [1.165, 1.54) is 40.1 Å². The number of carbonyl (C=O) groups is 3. The number of nitrogens with two attached hydrogens (primary N) is 1. The minimum Gasteiger partial charge on any atom is -0.481 e. The Labute approximate surface area is 254 Å². The van der Waals surface area contributed by atoms with E-state index in [2.05, 4.69) is 84.1 Å². The monoisotopic (exact) mass is 608 g/mol. The van der Waals surface area contributed by atoms with Crippen molar-refractivity contribution >= 4 is 62.5 Å². The molecule has 0 aliphatic heterocycles. The van der Waals surface area contributed by atoms with Crippen LogP contribution in [-0.2, 0) is 16.1 Å². The highest BCUT2D eigenvalue weighted by Crippen LogP contribution is 2.24. The number of amides is 1. The first kappa shape index (κ1) is 30.2. The van der Waals surface area contributed by atoms with Crippen LogP contribution < -0.4 is 21.9 Å². The maximum absolute atomic E-state index is 12.3. The van der Waals surface area contributed by atoms with Crippen LogP contribution in [0.3, 0.4) is 0 Å². The van der Waals surface area contributed by atoms with Gasteiger partial charge < -0.3 is 31.6 Å². The molecular weight excluding hydrogens is 580 g/mol. The van der Waals surface area contributed by atoms with Gasteiger partial charge >= 0.3 is 11.9 Å². The fraction of sp³-hybridized carbons (Fsp3) is 0.129. The number of carboxylic acids is 2. The van der Waals surface area contributed by atoms with Crippen LogP contribution >= 0.6 is 0 Å². The van der Waals surface area contributed by atoms with E-state index in [9.17, 15) is 19.2 Å². The van der Waals surface area contributed by atoms with Crippen molar-refractivity contribution in [2.75, 3.05) is 11.1 Å². The number of nitrogen functional groups attached to an aromatic ring is 1. The Hall–Kier alpha value is -6.31. The minimum atomic E-state index is -1.31. The third-order valence-electron chi connectivity index (χ3n) is 6.77. The van der Waals surface area contributed by atoms with Crippen LogP contribution in [0.25, 0.3) is 33.0 Å². The van der Waals surface area contributed by atoms with Gasteiger partial charge in [0, 0.05) is 39.5 Å². The van der Waals surface area contributed by atoms with E-state index in [1.807, 2.05) is 0 Å². The zero-order chi connectivity index (χ0) is 31.9. The van der Waals surface area contributed by atoms with Crippen molar-refractivity contribution in [3.8, 4) is 0 Å². The molecule has 0 aliphatic rings. The summed E-state index contributed by atoms with van der Waals surface area (Å²) in [5.41, 5.74) is 8.90. The van der Waals surface area contributed by atoms with Gasteiger partial charge in [-0.3, -0.25) is 19.4 Å². The van der Waals surface area contributed by atoms with Crippen LogP contribution in [0.1, 0.15) is 28.9 Å². The van der Waals surface area contributed by atoms with E-state index in [0.717, 1.165) is 0 Å². The van der Waals surface area contributed by atoms with Gasteiger partial charge in [-0.05, 0) is 42.8 Å². The normalized spacial score (nSPS) is 11.5. The maximum atomic E-state index is 12.3. The van der Waals surface area contributed by atoms with Gasteiger partial charge in [-0.2, -0.15) is 4.98 Å². The van der Waals surface area contributed by atoms with Crippen LogP contribution in [0.4, 0.5) is 11.6 Å². The lowest BCUT2D eigenvalue weighted by Gasteiger charge is -2.14. The molecular formula is C31H28N8O6. The summed E-state index contributed by atoms with van der Waals surface area (Å²) in [6, 6.07) is 21.6. The number of fused-ring (bicyclic) bond motifs is 4. The predicted molar refractivity (Wildman–Crippen MR) is 168 cm³/mol. The number of nitrogens with one attached hydrogen (secondary N) is 4. The fourth-order valence-electron chi connectivity index (χ4n) is 4.55. The van der Waals surface area contributed by atoms with Crippen LogP contribution in [0, 0.1) is 0 Å². The third-order valence-corrected chi connectivity index (χ3v) is 6.77. The van der Waals surface area contributed by atoms with Crippen molar-refractivity contribution < 1.29 is 24.6 Å². The first-order valence-corrected chi connectivity index (χ1v) is 13.7. The highest BCUT2D eigenvalue weighted by Gasteiger charge is 2.21. The van der Waals surface area contributed by atoms with Gasteiger partial charge in [0.2, 0.25) is 5.95 Å². The summed E-state index contributed by atoms with van der Waals surface area (Å²) in [7, 11) is 0. The van der Waals surface area contributed by atoms with Crippen molar-refractivity contribution in [1.82, 2.24) is 30.2 Å². The molecule has 3 aromatic heterocycles. The Bertz CT molecular complexity index is 2020. The largest absolute Gasteiger partial charge is 0.481 e. The Morgan fingerprint density at radius 3 is 2.13 bits per heavy atom. The minimum absolute atomic E-state index is 0.0524. The molecule has 1 unspecified atom stereocenters. The zero-order valence-corrected chi connectivity index (χ0v) is 23.7. The Balaban J connectivity index is 0.000000252. The third kappa shape index (κ3) is 7.37. The molecule has 14 heteroatoms. The number of aromatic amines is 2. The summed E-state index contributed by atoms with van der Waals surface area (Å²) in [6.45, 7) is 0.231. The van der Waals surface area contributed by atoms with Gasteiger partial charge in [-0.1, -0.05) is 36.4 Å². The van der Waals surface area contributed by atoms with Gasteiger partial charge in [-0.25, -0.2) is 14.8 Å². The Morgan fingerprint density at radius 2 is 1.51 bits per heavy atom. The summed E-state index contributed by atoms with van der Waals surface area (Å²) in [6.07, 6.45) is 0.840. The molecule has 3 aromatic carbocycles. The topological polar surface area (TPSA) is 229 Å². The van der Waals surface area contributed by atoms with Crippen LogP contribution in [-0.4, -0.2) is 59.0 Å². The summed E-state index contributed by atoms with van der Waals surface area (Å²) in [5, 5.41) is 25.8. The summed E-state index contributed by atoms with van der Waals surface area (Å²) in [4.78, 5) is 63.9. The number of hydrogen-bond donors (Lipinski definition) is 7. The van der Waals surface area contributed by atoms with Gasteiger partial charge in [-0.15, -0.1) is 0 Å². The zero-order valence-electron chi connectivity index (χ0n) is 23.7. The maximum Gasteiger partial charge on any atom is 0.326 e. The Morgan fingerprint density at radius 1 is 0.867 bits per heavy atom. The number of aliphatic carboxylic acids is 2. The fourth-order valence-corrected chi connectivity index (χ4v) is 4.55. The van der Waals surface area contributed by atoms with E-state index in [0.29, 0.717) is 11.4 Å². The summed E-state index contributed by atoms with van der Waals surface area (Å²) < 4.78 is 0. The van der Waals surface area contributed by atoms with Crippen LogP contribution in [0.15, 0.2) is 83.8 Å². The van der Waals surface area contributed by atoms with Gasteiger partial charge in [0.15, 0.2) is 11.2 Å². The van der Waals surface area contributed by atoms with Gasteiger partial charge in [0.1, 0.15) is 6.04 Å². The SMILES string of the molecule is Nc1nc2ncc(CNc3ccc(C(=O)NC(CCC(=O)O)C(=O)O)cc3)nc2c(=O)[nH]1.c1ccc2c(c1)[nH]c1ccccc12. The van der Waals surface area contributed by atoms with Crippen molar-refractivity contribution in [3.05, 3.63) is 101 Å². The number of benzene rings is 3. The second kappa shape index (κ2) is 13.3. The molecule has 0 bridgehead atoms. The quantitative estimate of drug-likeness (QED) is 0.126. The molecule has 0 fully saturated rings.